The van der Waals surface area contributed by atoms with E-state index >= 15 is 0 Å². The molecular formula is C10H13N3O4. The predicted octanol–water partition coefficient (Wildman–Crippen LogP) is 0.501. The molecule has 0 saturated heterocycles. The highest BCUT2D eigenvalue weighted by atomic mass is 16.6. The number of rotatable bonds is 4. The Morgan fingerprint density at radius 1 is 1.65 bits per heavy atom. The molecule has 0 aromatic carbocycles. The van der Waals surface area contributed by atoms with Crippen LogP contribution in [0.2, 0.25) is 0 Å². The Kier molecular flexibility index (Phi) is 3.62. The Morgan fingerprint density at radius 2 is 2.24 bits per heavy atom. The number of aromatic nitrogens is 1. The molecule has 1 amide bonds. The summed E-state index contributed by atoms with van der Waals surface area (Å²) in [6.45, 7) is 3.14. The third kappa shape index (κ3) is 2.49. The molecule has 1 unspecified atom stereocenters. The van der Waals surface area contributed by atoms with E-state index in [9.17, 15) is 19.7 Å². The number of carbonyl (C=O) groups excluding carboxylic acids is 1. The van der Waals surface area contributed by atoms with E-state index in [0.717, 1.165) is 16.8 Å². The van der Waals surface area contributed by atoms with Gasteiger partial charge in [-0.05, 0) is 13.3 Å². The molecule has 0 spiro atoms. The van der Waals surface area contributed by atoms with Gasteiger partial charge in [-0.1, -0.05) is 6.92 Å². The van der Waals surface area contributed by atoms with E-state index in [1.165, 1.54) is 6.92 Å². The van der Waals surface area contributed by atoms with Crippen LogP contribution >= 0.6 is 0 Å². The van der Waals surface area contributed by atoms with Crippen LogP contribution in [0.1, 0.15) is 24.9 Å². The van der Waals surface area contributed by atoms with Crippen LogP contribution in [0.5, 0.6) is 0 Å². The lowest BCUT2D eigenvalue weighted by Crippen LogP contribution is -2.33. The summed E-state index contributed by atoms with van der Waals surface area (Å²) in [5.41, 5.74) is 4.73. The normalized spacial score (nSPS) is 12.1. The summed E-state index contributed by atoms with van der Waals surface area (Å²) in [5.74, 6) is -0.687. The van der Waals surface area contributed by atoms with Crippen LogP contribution in [0.15, 0.2) is 17.1 Å². The molecule has 0 aliphatic heterocycles. The fourth-order valence-corrected chi connectivity index (χ4v) is 1.60. The van der Waals surface area contributed by atoms with Gasteiger partial charge in [0, 0.05) is 11.6 Å². The Balaban J connectivity index is 3.43. The maximum absolute atomic E-state index is 11.7. The van der Waals surface area contributed by atoms with Crippen LogP contribution in [0.25, 0.3) is 0 Å². The molecule has 1 rings (SSSR count). The standard InChI is InChI=1S/C10H13N3O4/c1-3-7(10(11)15)12-5-8(13(16)17)6(2)4-9(12)14/h4-5,7H,3H2,1-2H3,(H2,11,15). The van der Waals surface area contributed by atoms with Gasteiger partial charge in [0.1, 0.15) is 6.04 Å². The second kappa shape index (κ2) is 4.77. The molecule has 0 aliphatic rings. The minimum absolute atomic E-state index is 0.204. The van der Waals surface area contributed by atoms with E-state index in [1.54, 1.807) is 6.92 Å². The zero-order valence-electron chi connectivity index (χ0n) is 9.54. The van der Waals surface area contributed by atoms with Crippen molar-refractivity contribution >= 4 is 11.6 Å². The van der Waals surface area contributed by atoms with E-state index in [2.05, 4.69) is 0 Å². The van der Waals surface area contributed by atoms with Gasteiger partial charge in [-0.2, -0.15) is 0 Å². The van der Waals surface area contributed by atoms with Crippen molar-refractivity contribution in [3.8, 4) is 0 Å². The van der Waals surface area contributed by atoms with Crippen LogP contribution < -0.4 is 11.3 Å². The van der Waals surface area contributed by atoms with E-state index < -0.39 is 22.4 Å². The molecule has 7 nitrogen and oxygen atoms in total. The first-order valence-electron chi connectivity index (χ1n) is 5.05. The summed E-state index contributed by atoms with van der Waals surface area (Å²) in [6, 6.07) is 0.269. The molecule has 2 N–H and O–H groups in total. The summed E-state index contributed by atoms with van der Waals surface area (Å²) in [4.78, 5) is 32.9. The minimum Gasteiger partial charge on any atom is -0.368 e. The van der Waals surface area contributed by atoms with Gasteiger partial charge < -0.3 is 5.73 Å². The van der Waals surface area contributed by atoms with E-state index in [0.29, 0.717) is 6.42 Å². The molecule has 1 aromatic rings. The van der Waals surface area contributed by atoms with Gasteiger partial charge in [-0.25, -0.2) is 0 Å². The monoisotopic (exact) mass is 239 g/mol. The first-order chi connectivity index (χ1) is 7.88. The molecule has 0 saturated carbocycles. The molecule has 0 bridgehead atoms. The number of amides is 1. The Hall–Kier alpha value is -2.18. The van der Waals surface area contributed by atoms with Crippen molar-refractivity contribution in [2.45, 2.75) is 26.3 Å². The first kappa shape index (κ1) is 12.9. The zero-order chi connectivity index (χ0) is 13.2. The molecule has 1 heterocycles. The van der Waals surface area contributed by atoms with Gasteiger partial charge in [-0.15, -0.1) is 0 Å². The predicted molar refractivity (Wildman–Crippen MR) is 60.6 cm³/mol. The summed E-state index contributed by atoms with van der Waals surface area (Å²) in [5, 5.41) is 10.7. The number of nitrogens with two attached hydrogens (primary N) is 1. The van der Waals surface area contributed by atoms with Crippen LogP contribution in [0.3, 0.4) is 0 Å². The lowest BCUT2D eigenvalue weighted by atomic mass is 10.2. The van der Waals surface area contributed by atoms with Crippen molar-refractivity contribution < 1.29 is 9.72 Å². The highest BCUT2D eigenvalue weighted by Gasteiger charge is 2.20. The number of pyridine rings is 1. The Labute approximate surface area is 97.0 Å². The summed E-state index contributed by atoms with van der Waals surface area (Å²) >= 11 is 0. The molecule has 0 radical (unpaired) electrons. The second-order valence-corrected chi connectivity index (χ2v) is 3.67. The number of nitro groups is 1. The van der Waals surface area contributed by atoms with Gasteiger partial charge in [0.05, 0.1) is 11.1 Å². The van der Waals surface area contributed by atoms with E-state index in [4.69, 9.17) is 5.73 Å². The first-order valence-corrected chi connectivity index (χ1v) is 5.05. The molecule has 17 heavy (non-hydrogen) atoms. The zero-order valence-corrected chi connectivity index (χ0v) is 9.54. The van der Waals surface area contributed by atoms with Gasteiger partial charge in [0.2, 0.25) is 5.91 Å². The number of carbonyl (C=O) groups is 1. The van der Waals surface area contributed by atoms with Crippen LogP contribution in [0, 0.1) is 17.0 Å². The van der Waals surface area contributed by atoms with Gasteiger partial charge >= 0.3 is 0 Å². The SMILES string of the molecule is CCC(C(N)=O)n1cc([N+](=O)[O-])c(C)cc1=O. The van der Waals surface area contributed by atoms with Gasteiger partial charge in [0.15, 0.2) is 0 Å². The van der Waals surface area contributed by atoms with Crippen molar-refractivity contribution in [1.29, 1.82) is 0 Å². The highest BCUT2D eigenvalue weighted by Crippen LogP contribution is 2.17. The number of hydrogen-bond acceptors (Lipinski definition) is 4. The largest absolute Gasteiger partial charge is 0.368 e. The van der Waals surface area contributed by atoms with Gasteiger partial charge in [0.25, 0.3) is 11.2 Å². The van der Waals surface area contributed by atoms with Crippen LogP contribution in [-0.4, -0.2) is 15.4 Å². The molecule has 7 heteroatoms. The van der Waals surface area contributed by atoms with Crippen molar-refractivity contribution in [2.24, 2.45) is 5.73 Å². The molecule has 0 aliphatic carbocycles. The lowest BCUT2D eigenvalue weighted by molar-refractivity contribution is -0.386. The maximum Gasteiger partial charge on any atom is 0.288 e. The fourth-order valence-electron chi connectivity index (χ4n) is 1.60. The third-order valence-corrected chi connectivity index (χ3v) is 2.51. The average molecular weight is 239 g/mol. The Bertz CT molecular complexity index is 521. The van der Waals surface area contributed by atoms with Crippen molar-refractivity contribution in [1.82, 2.24) is 4.57 Å². The maximum atomic E-state index is 11.7. The summed E-state index contributed by atoms with van der Waals surface area (Å²) < 4.78 is 1.01. The topological polar surface area (TPSA) is 108 Å². The van der Waals surface area contributed by atoms with E-state index in [-0.39, 0.29) is 11.3 Å². The molecule has 1 aromatic heterocycles. The third-order valence-electron chi connectivity index (χ3n) is 2.51. The fraction of sp³-hybridized carbons (Fsp3) is 0.400. The quantitative estimate of drug-likeness (QED) is 0.609. The smallest absolute Gasteiger partial charge is 0.288 e. The molecule has 1 atom stereocenters. The van der Waals surface area contributed by atoms with Crippen LogP contribution in [-0.2, 0) is 4.79 Å². The average Bonchev–Trinajstić information content (AvgIpc) is 2.21. The highest BCUT2D eigenvalue weighted by molar-refractivity contribution is 5.78. The Morgan fingerprint density at radius 3 is 2.65 bits per heavy atom. The number of aryl methyl sites for hydroxylation is 1. The number of primary amides is 1. The number of nitrogens with zero attached hydrogens (tertiary/aromatic N) is 2. The van der Waals surface area contributed by atoms with Crippen LogP contribution in [0.4, 0.5) is 5.69 Å². The van der Waals surface area contributed by atoms with Gasteiger partial charge in [-0.3, -0.25) is 24.3 Å². The lowest BCUT2D eigenvalue weighted by Gasteiger charge is -2.14. The molecule has 92 valence electrons. The molecule has 0 fully saturated rings. The minimum atomic E-state index is -0.859. The van der Waals surface area contributed by atoms with Crippen molar-refractivity contribution in [3.05, 3.63) is 38.3 Å². The summed E-state index contributed by atoms with van der Waals surface area (Å²) in [6.07, 6.45) is 1.37. The van der Waals surface area contributed by atoms with Crippen molar-refractivity contribution in [2.75, 3.05) is 0 Å². The molecular weight excluding hydrogens is 226 g/mol. The second-order valence-electron chi connectivity index (χ2n) is 3.67. The number of hydrogen-bond donors (Lipinski definition) is 1. The summed E-state index contributed by atoms with van der Waals surface area (Å²) in [7, 11) is 0. The van der Waals surface area contributed by atoms with Crippen molar-refractivity contribution in [3.63, 3.8) is 0 Å². The van der Waals surface area contributed by atoms with E-state index in [1.807, 2.05) is 0 Å².